The molecule has 0 aliphatic heterocycles. The van der Waals surface area contributed by atoms with Crippen LogP contribution in [0.4, 0.5) is 0 Å². The Bertz CT molecular complexity index is 1110. The average Bonchev–Trinajstić information content (AvgIpc) is 3.03. The normalized spacial score (nSPS) is 12.2. The van der Waals surface area contributed by atoms with Gasteiger partial charge in [0.2, 0.25) is 5.91 Å². The second-order valence-electron chi connectivity index (χ2n) is 6.41. The molecule has 0 saturated carbocycles. The Labute approximate surface area is 172 Å². The molecule has 0 radical (unpaired) electrons. The van der Waals surface area contributed by atoms with Gasteiger partial charge in [0, 0.05) is 5.02 Å². The number of amides is 1. The first kappa shape index (κ1) is 18.6. The van der Waals surface area contributed by atoms with E-state index in [0.717, 1.165) is 27.3 Å². The summed E-state index contributed by atoms with van der Waals surface area (Å²) < 4.78 is 2.10. The molecule has 2 N–H and O–H groups in total. The molecular weight excluding hydrogens is 390 g/mol. The van der Waals surface area contributed by atoms with Crippen LogP contribution >= 0.6 is 23.4 Å². The van der Waals surface area contributed by atoms with Gasteiger partial charge in [-0.2, -0.15) is 0 Å². The molecule has 1 unspecified atom stereocenters. The number of imidazole rings is 1. The molecule has 1 heterocycles. The predicted molar refractivity (Wildman–Crippen MR) is 115 cm³/mol. The highest BCUT2D eigenvalue weighted by atomic mass is 35.5. The smallest absolute Gasteiger partial charge is 0.235 e. The quantitative estimate of drug-likeness (QED) is 0.454. The van der Waals surface area contributed by atoms with Gasteiger partial charge < -0.3 is 10.3 Å². The summed E-state index contributed by atoms with van der Waals surface area (Å²) in [6, 6.07) is 25.3. The van der Waals surface area contributed by atoms with Crippen LogP contribution in [0.25, 0.3) is 11.0 Å². The standard InChI is InChI=1S/C22H18ClN3OS/c23-17-11-12-19-18(13-17)25-22(26(19)14-15-7-3-1-4-8-15)28-20(21(24)27)16-9-5-2-6-10-16/h1-13,20H,14H2,(H2,24,27). The van der Waals surface area contributed by atoms with Crippen LogP contribution in [-0.4, -0.2) is 15.5 Å². The van der Waals surface area contributed by atoms with Crippen molar-refractivity contribution in [2.45, 2.75) is 17.0 Å². The molecule has 0 aliphatic carbocycles. The SMILES string of the molecule is NC(=O)C(Sc1nc2cc(Cl)ccc2n1Cc1ccccc1)c1ccccc1. The van der Waals surface area contributed by atoms with E-state index in [1.54, 1.807) is 0 Å². The molecule has 140 valence electrons. The predicted octanol–water partition coefficient (Wildman–Crippen LogP) is 5.06. The number of benzene rings is 3. The fourth-order valence-electron chi connectivity index (χ4n) is 3.11. The molecule has 0 aliphatic rings. The summed E-state index contributed by atoms with van der Waals surface area (Å²) in [4.78, 5) is 16.9. The number of nitrogens with two attached hydrogens (primary N) is 1. The maximum atomic E-state index is 12.2. The van der Waals surface area contributed by atoms with E-state index >= 15 is 0 Å². The number of primary amides is 1. The van der Waals surface area contributed by atoms with E-state index in [9.17, 15) is 4.79 Å². The van der Waals surface area contributed by atoms with Crippen molar-refractivity contribution in [1.82, 2.24) is 9.55 Å². The molecule has 3 aromatic carbocycles. The Balaban J connectivity index is 1.78. The minimum Gasteiger partial charge on any atom is -0.368 e. The molecule has 4 aromatic rings. The number of rotatable bonds is 6. The number of carbonyl (C=O) groups excluding carboxylic acids is 1. The first-order valence-corrected chi connectivity index (χ1v) is 10.1. The van der Waals surface area contributed by atoms with Crippen molar-refractivity contribution in [3.05, 3.63) is 95.0 Å². The van der Waals surface area contributed by atoms with Gasteiger partial charge in [0.25, 0.3) is 0 Å². The molecule has 1 amide bonds. The summed E-state index contributed by atoms with van der Waals surface area (Å²) >= 11 is 7.52. The zero-order valence-electron chi connectivity index (χ0n) is 15.0. The van der Waals surface area contributed by atoms with Gasteiger partial charge in [-0.05, 0) is 29.3 Å². The van der Waals surface area contributed by atoms with Crippen molar-refractivity contribution in [2.75, 3.05) is 0 Å². The van der Waals surface area contributed by atoms with E-state index in [-0.39, 0.29) is 0 Å². The van der Waals surface area contributed by atoms with E-state index in [0.29, 0.717) is 11.6 Å². The number of hydrogen-bond donors (Lipinski definition) is 1. The lowest BCUT2D eigenvalue weighted by molar-refractivity contribution is -0.117. The Kier molecular flexibility index (Phi) is 5.37. The minimum atomic E-state index is -0.525. The van der Waals surface area contributed by atoms with E-state index in [1.165, 1.54) is 11.8 Å². The fourth-order valence-corrected chi connectivity index (χ4v) is 4.34. The van der Waals surface area contributed by atoms with Gasteiger partial charge >= 0.3 is 0 Å². The van der Waals surface area contributed by atoms with Crippen LogP contribution in [0.2, 0.25) is 5.02 Å². The summed E-state index contributed by atoms with van der Waals surface area (Å²) in [5, 5.41) is 0.833. The minimum absolute atomic E-state index is 0.396. The number of halogens is 1. The molecule has 0 saturated heterocycles. The largest absolute Gasteiger partial charge is 0.368 e. The molecule has 6 heteroatoms. The van der Waals surface area contributed by atoms with Crippen LogP contribution in [0.5, 0.6) is 0 Å². The number of aromatic nitrogens is 2. The summed E-state index contributed by atoms with van der Waals surface area (Å²) in [6.07, 6.45) is 0. The molecule has 1 aromatic heterocycles. The van der Waals surface area contributed by atoms with Crippen LogP contribution in [0.15, 0.2) is 84.0 Å². The summed E-state index contributed by atoms with van der Waals surface area (Å²) in [7, 11) is 0. The zero-order chi connectivity index (χ0) is 19.5. The zero-order valence-corrected chi connectivity index (χ0v) is 16.5. The third-order valence-electron chi connectivity index (χ3n) is 4.44. The Morgan fingerprint density at radius 3 is 2.39 bits per heavy atom. The Morgan fingerprint density at radius 1 is 1.04 bits per heavy atom. The molecule has 28 heavy (non-hydrogen) atoms. The van der Waals surface area contributed by atoms with E-state index in [4.69, 9.17) is 22.3 Å². The second kappa shape index (κ2) is 8.09. The van der Waals surface area contributed by atoms with Gasteiger partial charge in [-0.25, -0.2) is 4.98 Å². The van der Waals surface area contributed by atoms with Crippen LogP contribution in [0, 0.1) is 0 Å². The highest BCUT2D eigenvalue weighted by Crippen LogP contribution is 2.37. The number of carbonyl (C=O) groups is 1. The van der Waals surface area contributed by atoms with Crippen molar-refractivity contribution in [3.63, 3.8) is 0 Å². The van der Waals surface area contributed by atoms with Gasteiger partial charge in [-0.15, -0.1) is 0 Å². The third-order valence-corrected chi connectivity index (χ3v) is 5.94. The van der Waals surface area contributed by atoms with Crippen LogP contribution < -0.4 is 5.73 Å². The summed E-state index contributed by atoms with van der Waals surface area (Å²) in [5.41, 5.74) is 9.48. The van der Waals surface area contributed by atoms with Gasteiger partial charge in [0.05, 0.1) is 17.6 Å². The van der Waals surface area contributed by atoms with Crippen molar-refractivity contribution >= 4 is 40.3 Å². The molecule has 1 atom stereocenters. The molecule has 0 fully saturated rings. The topological polar surface area (TPSA) is 60.9 Å². The van der Waals surface area contributed by atoms with Gasteiger partial charge in [0.15, 0.2) is 5.16 Å². The van der Waals surface area contributed by atoms with Crippen molar-refractivity contribution in [3.8, 4) is 0 Å². The van der Waals surface area contributed by atoms with Crippen LogP contribution in [0.3, 0.4) is 0 Å². The Hall–Kier alpha value is -2.76. The fraction of sp³-hybridized carbons (Fsp3) is 0.0909. The number of hydrogen-bond acceptors (Lipinski definition) is 3. The van der Waals surface area contributed by atoms with Crippen molar-refractivity contribution in [2.24, 2.45) is 5.73 Å². The number of thioether (sulfide) groups is 1. The maximum Gasteiger partial charge on any atom is 0.235 e. The summed E-state index contributed by atoms with van der Waals surface area (Å²) in [6.45, 7) is 0.640. The maximum absolute atomic E-state index is 12.2. The van der Waals surface area contributed by atoms with Gasteiger partial charge in [-0.1, -0.05) is 84.0 Å². The van der Waals surface area contributed by atoms with E-state index < -0.39 is 11.2 Å². The highest BCUT2D eigenvalue weighted by Gasteiger charge is 2.23. The van der Waals surface area contributed by atoms with Crippen LogP contribution in [-0.2, 0) is 11.3 Å². The second-order valence-corrected chi connectivity index (χ2v) is 7.92. The molecule has 0 spiro atoms. The lowest BCUT2D eigenvalue weighted by Gasteiger charge is -2.15. The van der Waals surface area contributed by atoms with Gasteiger partial charge in [-0.3, -0.25) is 4.79 Å². The lowest BCUT2D eigenvalue weighted by atomic mass is 10.1. The summed E-state index contributed by atoms with van der Waals surface area (Å²) in [5.74, 6) is -0.396. The lowest BCUT2D eigenvalue weighted by Crippen LogP contribution is -2.19. The van der Waals surface area contributed by atoms with E-state index in [2.05, 4.69) is 16.7 Å². The Morgan fingerprint density at radius 2 is 1.71 bits per heavy atom. The van der Waals surface area contributed by atoms with Gasteiger partial charge in [0.1, 0.15) is 5.25 Å². The molecular formula is C22H18ClN3OS. The molecule has 4 nitrogen and oxygen atoms in total. The first-order valence-electron chi connectivity index (χ1n) is 8.82. The highest BCUT2D eigenvalue weighted by molar-refractivity contribution is 8.00. The van der Waals surface area contributed by atoms with Crippen molar-refractivity contribution < 1.29 is 4.79 Å². The molecule has 0 bridgehead atoms. The monoisotopic (exact) mass is 407 g/mol. The number of fused-ring (bicyclic) bond motifs is 1. The van der Waals surface area contributed by atoms with E-state index in [1.807, 2.05) is 66.7 Å². The molecule has 4 rings (SSSR count). The first-order chi connectivity index (χ1) is 13.6. The van der Waals surface area contributed by atoms with Crippen LogP contribution in [0.1, 0.15) is 16.4 Å². The third kappa shape index (κ3) is 3.91. The number of nitrogens with zero attached hydrogens (tertiary/aromatic N) is 2. The average molecular weight is 408 g/mol. The van der Waals surface area contributed by atoms with Crippen molar-refractivity contribution in [1.29, 1.82) is 0 Å².